The van der Waals surface area contributed by atoms with E-state index in [4.69, 9.17) is 11.5 Å². The van der Waals surface area contributed by atoms with E-state index in [0.717, 1.165) is 0 Å². The van der Waals surface area contributed by atoms with Crippen LogP contribution in [0.15, 0.2) is 24.3 Å². The molecule has 1 rings (SSSR count). The first-order chi connectivity index (χ1) is 15.8. The van der Waals surface area contributed by atoms with Crippen LogP contribution in [0.1, 0.15) is 25.8 Å². The molecule has 1 aromatic rings. The zero-order valence-corrected chi connectivity index (χ0v) is 19.7. The van der Waals surface area contributed by atoms with Gasteiger partial charge in [0.2, 0.25) is 23.6 Å². The first-order valence-electron chi connectivity index (χ1n) is 10.4. The SMILES string of the molecule is CC(C)C(NC(=O)C(CC(N)=O)NC(=O)C(CS)NC(=O)C(N)Cc1ccc(O)cc1)C(=O)O. The molecule has 0 aliphatic carbocycles. The lowest BCUT2D eigenvalue weighted by atomic mass is 10.0. The van der Waals surface area contributed by atoms with E-state index >= 15 is 0 Å². The fourth-order valence-corrected chi connectivity index (χ4v) is 3.16. The number of carbonyl (C=O) groups excluding carboxylic acids is 4. The minimum Gasteiger partial charge on any atom is -0.508 e. The van der Waals surface area contributed by atoms with Crippen molar-refractivity contribution in [3.05, 3.63) is 29.8 Å². The van der Waals surface area contributed by atoms with Gasteiger partial charge in [-0.2, -0.15) is 12.6 Å². The summed E-state index contributed by atoms with van der Waals surface area (Å²) in [7, 11) is 0. The molecule has 13 heteroatoms. The van der Waals surface area contributed by atoms with Crippen LogP contribution in [0.3, 0.4) is 0 Å². The summed E-state index contributed by atoms with van der Waals surface area (Å²) in [4.78, 5) is 60.5. The van der Waals surface area contributed by atoms with Crippen LogP contribution in [0.2, 0.25) is 0 Å². The molecule has 0 radical (unpaired) electrons. The largest absolute Gasteiger partial charge is 0.508 e. The van der Waals surface area contributed by atoms with Gasteiger partial charge in [-0.1, -0.05) is 26.0 Å². The zero-order valence-electron chi connectivity index (χ0n) is 18.9. The highest BCUT2D eigenvalue weighted by Gasteiger charge is 2.31. The number of benzene rings is 1. The summed E-state index contributed by atoms with van der Waals surface area (Å²) in [6.45, 7) is 3.16. The van der Waals surface area contributed by atoms with Gasteiger partial charge in [0, 0.05) is 5.75 Å². The molecule has 1 aromatic carbocycles. The summed E-state index contributed by atoms with van der Waals surface area (Å²) in [6.07, 6.45) is -0.457. The van der Waals surface area contributed by atoms with Crippen LogP contribution in [0.4, 0.5) is 0 Å². The Kier molecular flexibility index (Phi) is 11.3. The van der Waals surface area contributed by atoms with Crippen molar-refractivity contribution in [2.24, 2.45) is 17.4 Å². The molecule has 12 nitrogen and oxygen atoms in total. The Balaban J connectivity index is 2.84. The molecule has 4 atom stereocenters. The van der Waals surface area contributed by atoms with Gasteiger partial charge in [-0.3, -0.25) is 19.2 Å². The van der Waals surface area contributed by atoms with Gasteiger partial charge in [0.1, 0.15) is 23.9 Å². The number of primary amides is 1. The second kappa shape index (κ2) is 13.4. The van der Waals surface area contributed by atoms with Crippen molar-refractivity contribution in [2.45, 2.75) is 50.9 Å². The van der Waals surface area contributed by atoms with E-state index in [1.165, 1.54) is 12.1 Å². The lowest BCUT2D eigenvalue weighted by Crippen LogP contribution is -2.58. The number of carbonyl (C=O) groups is 5. The molecule has 4 unspecified atom stereocenters. The van der Waals surface area contributed by atoms with Crippen LogP contribution in [0, 0.1) is 5.92 Å². The quantitative estimate of drug-likeness (QED) is 0.146. The van der Waals surface area contributed by atoms with Gasteiger partial charge >= 0.3 is 5.97 Å². The number of phenolic OH excluding ortho intramolecular Hbond substituents is 1. The molecule has 4 amide bonds. The van der Waals surface area contributed by atoms with E-state index in [1.807, 2.05) is 0 Å². The van der Waals surface area contributed by atoms with Crippen LogP contribution in [0.25, 0.3) is 0 Å². The Morgan fingerprint density at radius 2 is 1.47 bits per heavy atom. The molecule has 0 aromatic heterocycles. The van der Waals surface area contributed by atoms with E-state index in [-0.39, 0.29) is 17.9 Å². The summed E-state index contributed by atoms with van der Waals surface area (Å²) < 4.78 is 0. The number of aromatic hydroxyl groups is 1. The van der Waals surface area contributed by atoms with Crippen molar-refractivity contribution in [1.82, 2.24) is 16.0 Å². The van der Waals surface area contributed by atoms with E-state index in [9.17, 15) is 34.2 Å². The minimum atomic E-state index is -1.46. The lowest BCUT2D eigenvalue weighted by Gasteiger charge is -2.25. The van der Waals surface area contributed by atoms with E-state index in [1.54, 1.807) is 26.0 Å². The maximum Gasteiger partial charge on any atom is 0.326 e. The third kappa shape index (κ3) is 9.27. The summed E-state index contributed by atoms with van der Waals surface area (Å²) in [6, 6.07) is 1.15. The second-order valence-electron chi connectivity index (χ2n) is 8.02. The Morgan fingerprint density at radius 1 is 0.941 bits per heavy atom. The molecule has 0 fully saturated rings. The molecule has 0 saturated heterocycles. The monoisotopic (exact) mass is 497 g/mol. The number of rotatable bonds is 13. The number of aliphatic carboxylic acids is 1. The highest BCUT2D eigenvalue weighted by atomic mass is 32.1. The van der Waals surface area contributed by atoms with Gasteiger partial charge in [-0.15, -0.1) is 0 Å². The van der Waals surface area contributed by atoms with Gasteiger partial charge in [-0.05, 0) is 30.0 Å². The van der Waals surface area contributed by atoms with Crippen LogP contribution in [0.5, 0.6) is 5.75 Å². The number of hydrogen-bond donors (Lipinski definition) is 8. The van der Waals surface area contributed by atoms with Crippen LogP contribution in [-0.2, 0) is 30.4 Å². The van der Waals surface area contributed by atoms with E-state index in [2.05, 4.69) is 28.6 Å². The molecule has 188 valence electrons. The first-order valence-corrected chi connectivity index (χ1v) is 11.1. The standard InChI is InChI=1S/C21H31N5O7S/c1-10(2)17(21(32)33)26-19(30)14(8-16(23)28)24-20(31)15(9-34)25-18(29)13(22)7-11-3-5-12(27)6-4-11/h3-6,10,13-15,17,27,34H,7-9,22H2,1-2H3,(H2,23,28)(H,24,31)(H,25,29)(H,26,30)(H,32,33). The highest BCUT2D eigenvalue weighted by Crippen LogP contribution is 2.11. The predicted octanol–water partition coefficient (Wildman–Crippen LogP) is -1.74. The normalized spacial score (nSPS) is 14.4. The van der Waals surface area contributed by atoms with Gasteiger partial charge in [0.05, 0.1) is 12.5 Å². The molecule has 9 N–H and O–H groups in total. The number of amides is 4. The number of thiol groups is 1. The van der Waals surface area contributed by atoms with Crippen molar-refractivity contribution in [3.63, 3.8) is 0 Å². The van der Waals surface area contributed by atoms with Crippen LogP contribution < -0.4 is 27.4 Å². The van der Waals surface area contributed by atoms with Gasteiger partial charge < -0.3 is 37.6 Å². The maximum absolute atomic E-state index is 12.7. The van der Waals surface area contributed by atoms with Crippen LogP contribution >= 0.6 is 12.6 Å². The highest BCUT2D eigenvalue weighted by molar-refractivity contribution is 7.80. The minimum absolute atomic E-state index is 0.0613. The Morgan fingerprint density at radius 3 is 1.94 bits per heavy atom. The van der Waals surface area contributed by atoms with E-state index < -0.39 is 66.1 Å². The number of nitrogens with two attached hydrogens (primary N) is 2. The molecule has 0 aliphatic heterocycles. The van der Waals surface area contributed by atoms with Gasteiger partial charge in [0.15, 0.2) is 0 Å². The molecule has 0 bridgehead atoms. The Labute approximate surface area is 202 Å². The Hall–Kier alpha value is -3.32. The van der Waals surface area contributed by atoms with Crippen molar-refractivity contribution < 1.29 is 34.2 Å². The molecular weight excluding hydrogens is 466 g/mol. The molecule has 34 heavy (non-hydrogen) atoms. The van der Waals surface area contributed by atoms with Crippen molar-refractivity contribution in [1.29, 1.82) is 0 Å². The molecular formula is C21H31N5O7S. The topological polar surface area (TPSA) is 214 Å². The smallest absolute Gasteiger partial charge is 0.326 e. The summed E-state index contributed by atoms with van der Waals surface area (Å²) >= 11 is 4.05. The number of phenols is 1. The predicted molar refractivity (Wildman–Crippen MR) is 126 cm³/mol. The number of carboxylic acids is 1. The molecule has 0 spiro atoms. The van der Waals surface area contributed by atoms with Crippen molar-refractivity contribution >= 4 is 42.2 Å². The summed E-state index contributed by atoms with van der Waals surface area (Å²) in [5.74, 6) is -5.16. The fraction of sp³-hybridized carbons (Fsp3) is 0.476. The molecule has 0 heterocycles. The fourth-order valence-electron chi connectivity index (χ4n) is 2.90. The maximum atomic E-state index is 12.7. The zero-order chi connectivity index (χ0) is 26.0. The number of hydrogen-bond acceptors (Lipinski definition) is 8. The molecule has 0 saturated carbocycles. The van der Waals surface area contributed by atoms with Crippen molar-refractivity contribution in [3.8, 4) is 5.75 Å². The lowest BCUT2D eigenvalue weighted by molar-refractivity contribution is -0.143. The van der Waals surface area contributed by atoms with E-state index in [0.29, 0.717) is 5.56 Å². The third-order valence-electron chi connectivity index (χ3n) is 4.81. The van der Waals surface area contributed by atoms with Crippen molar-refractivity contribution in [2.75, 3.05) is 5.75 Å². The van der Waals surface area contributed by atoms with Gasteiger partial charge in [0.25, 0.3) is 0 Å². The molecule has 0 aliphatic rings. The Bertz CT molecular complexity index is 894. The van der Waals surface area contributed by atoms with Crippen LogP contribution in [-0.4, -0.2) is 69.7 Å². The third-order valence-corrected chi connectivity index (χ3v) is 5.18. The average Bonchev–Trinajstić information content (AvgIpc) is 2.75. The number of carboxylic acid groups (broad SMARTS) is 1. The first kappa shape index (κ1) is 28.7. The van der Waals surface area contributed by atoms with Gasteiger partial charge in [-0.25, -0.2) is 4.79 Å². The average molecular weight is 498 g/mol. The summed E-state index contributed by atoms with van der Waals surface area (Å²) in [5.41, 5.74) is 11.8. The second-order valence-corrected chi connectivity index (χ2v) is 8.39. The number of nitrogens with one attached hydrogen (secondary N) is 3. The summed E-state index contributed by atoms with van der Waals surface area (Å²) in [5, 5.41) is 25.6.